The molecule has 2 atom stereocenters. The van der Waals surface area contributed by atoms with Gasteiger partial charge in [0.25, 0.3) is 0 Å². The molecule has 4 rings (SSSR count). The Morgan fingerprint density at radius 1 is 0.733 bits per heavy atom. The Bertz CT molecular complexity index is 870. The second-order valence-corrected chi connectivity index (χ2v) is 14.6. The quantitative estimate of drug-likeness (QED) is 0.441. The van der Waals surface area contributed by atoms with Crippen LogP contribution >= 0.6 is 0 Å². The minimum absolute atomic E-state index is 0.203. The molecule has 30 heavy (non-hydrogen) atoms. The monoisotopic (exact) mass is 414 g/mol. The van der Waals surface area contributed by atoms with Crippen molar-refractivity contribution in [2.24, 2.45) is 0 Å². The Balaban J connectivity index is 1.53. The fourth-order valence-corrected chi connectivity index (χ4v) is 10.8. The standard InChI is InChI=1S/C28H34OSi/c1-28(2,3)30(26-15-9-5-10-16-26,27-17-11-6-12-18-27)22-25-21-24(29-25)20-19-23-13-7-4-8-14-23/h4-18,24-25H,19-22H2,1-3H3/t24-,25+/m1/s1. The maximum atomic E-state index is 6.49. The molecule has 0 radical (unpaired) electrons. The van der Waals surface area contributed by atoms with Crippen LogP contribution in [0.15, 0.2) is 91.0 Å². The first-order valence-corrected chi connectivity index (χ1v) is 13.5. The van der Waals surface area contributed by atoms with Crippen LogP contribution in [0, 0.1) is 0 Å². The molecular weight excluding hydrogens is 380 g/mol. The number of ether oxygens (including phenoxy) is 1. The molecule has 0 unspecified atom stereocenters. The van der Waals surface area contributed by atoms with E-state index >= 15 is 0 Å². The molecule has 3 aromatic rings. The van der Waals surface area contributed by atoms with E-state index in [0.29, 0.717) is 12.2 Å². The lowest BCUT2D eigenvalue weighted by Gasteiger charge is -2.49. The molecule has 0 saturated carbocycles. The maximum Gasteiger partial charge on any atom is 0.125 e. The largest absolute Gasteiger partial charge is 0.375 e. The van der Waals surface area contributed by atoms with E-state index in [2.05, 4.69) is 112 Å². The van der Waals surface area contributed by atoms with Gasteiger partial charge in [-0.15, -0.1) is 0 Å². The number of hydrogen-bond acceptors (Lipinski definition) is 1. The number of aryl methyl sites for hydroxylation is 1. The number of rotatable bonds is 7. The number of hydrogen-bond donors (Lipinski definition) is 0. The second kappa shape index (κ2) is 8.91. The minimum atomic E-state index is -2.02. The molecule has 0 aliphatic carbocycles. The lowest BCUT2D eigenvalue weighted by atomic mass is 9.99. The van der Waals surface area contributed by atoms with Crippen molar-refractivity contribution in [3.05, 3.63) is 96.6 Å². The topological polar surface area (TPSA) is 9.23 Å². The summed E-state index contributed by atoms with van der Waals surface area (Å²) >= 11 is 0. The smallest absolute Gasteiger partial charge is 0.125 e. The molecule has 0 amide bonds. The van der Waals surface area contributed by atoms with Crippen molar-refractivity contribution >= 4 is 18.4 Å². The van der Waals surface area contributed by atoms with Crippen molar-refractivity contribution in [3.8, 4) is 0 Å². The van der Waals surface area contributed by atoms with Gasteiger partial charge in [-0.2, -0.15) is 0 Å². The molecule has 0 aromatic heterocycles. The summed E-state index contributed by atoms with van der Waals surface area (Å²) in [6.45, 7) is 7.31. The van der Waals surface area contributed by atoms with E-state index in [-0.39, 0.29) is 5.04 Å². The molecular formula is C28H34OSi. The van der Waals surface area contributed by atoms with Gasteiger partial charge in [-0.3, -0.25) is 0 Å². The van der Waals surface area contributed by atoms with Gasteiger partial charge in [0.2, 0.25) is 0 Å². The molecule has 0 spiro atoms. The number of benzene rings is 3. The third kappa shape index (κ3) is 4.31. The van der Waals surface area contributed by atoms with Crippen molar-refractivity contribution in [2.45, 2.75) is 63.3 Å². The van der Waals surface area contributed by atoms with Gasteiger partial charge in [0.05, 0.1) is 12.2 Å². The third-order valence-corrected chi connectivity index (χ3v) is 13.1. The van der Waals surface area contributed by atoms with E-state index in [9.17, 15) is 0 Å². The lowest BCUT2D eigenvalue weighted by molar-refractivity contribution is -0.116. The Labute approximate surface area is 183 Å². The predicted octanol–water partition coefficient (Wildman–Crippen LogP) is 5.84. The zero-order chi connectivity index (χ0) is 21.0. The zero-order valence-electron chi connectivity index (χ0n) is 18.6. The average molecular weight is 415 g/mol. The van der Waals surface area contributed by atoms with Gasteiger partial charge in [-0.05, 0) is 35.9 Å². The summed E-state index contributed by atoms with van der Waals surface area (Å²) in [5.74, 6) is 0. The molecule has 156 valence electrons. The van der Waals surface area contributed by atoms with Crippen molar-refractivity contribution < 1.29 is 4.74 Å². The Morgan fingerprint density at radius 2 is 1.20 bits per heavy atom. The van der Waals surface area contributed by atoms with E-state index in [1.165, 1.54) is 22.4 Å². The summed E-state index contributed by atoms with van der Waals surface area (Å²) < 4.78 is 6.49. The van der Waals surface area contributed by atoms with Crippen LogP contribution in [-0.2, 0) is 11.2 Å². The van der Waals surface area contributed by atoms with E-state index < -0.39 is 8.07 Å². The van der Waals surface area contributed by atoms with Crippen molar-refractivity contribution in [1.82, 2.24) is 0 Å². The van der Waals surface area contributed by atoms with Gasteiger partial charge >= 0.3 is 0 Å². The molecule has 1 fully saturated rings. The summed E-state index contributed by atoms with van der Waals surface area (Å²) in [7, 11) is -2.02. The fraction of sp³-hybridized carbons (Fsp3) is 0.357. The van der Waals surface area contributed by atoms with Crippen LogP contribution in [0.5, 0.6) is 0 Å². The lowest BCUT2D eigenvalue weighted by Crippen LogP contribution is -2.66. The van der Waals surface area contributed by atoms with Crippen LogP contribution in [-0.4, -0.2) is 20.3 Å². The molecule has 2 heteroatoms. The minimum Gasteiger partial charge on any atom is -0.375 e. The van der Waals surface area contributed by atoms with Crippen LogP contribution in [0.1, 0.15) is 39.2 Å². The summed E-state index contributed by atoms with van der Waals surface area (Å²) in [4.78, 5) is 0. The highest BCUT2D eigenvalue weighted by Crippen LogP contribution is 2.42. The Kier molecular flexibility index (Phi) is 6.26. The highest BCUT2D eigenvalue weighted by molar-refractivity contribution is 7.04. The average Bonchev–Trinajstić information content (AvgIpc) is 2.73. The summed E-state index contributed by atoms with van der Waals surface area (Å²) in [5, 5.41) is 3.26. The van der Waals surface area contributed by atoms with E-state index in [1.807, 2.05) is 0 Å². The first-order valence-electron chi connectivity index (χ1n) is 11.3. The molecule has 0 bridgehead atoms. The predicted molar refractivity (Wildman–Crippen MR) is 130 cm³/mol. The van der Waals surface area contributed by atoms with Crippen LogP contribution in [0.4, 0.5) is 0 Å². The Hall–Kier alpha value is -2.16. The van der Waals surface area contributed by atoms with Gasteiger partial charge in [0.1, 0.15) is 8.07 Å². The summed E-state index contributed by atoms with van der Waals surface area (Å²) in [6, 6.07) is 34.5. The Morgan fingerprint density at radius 3 is 1.67 bits per heavy atom. The molecule has 1 saturated heterocycles. The highest BCUT2D eigenvalue weighted by atomic mass is 28.3. The van der Waals surface area contributed by atoms with Crippen LogP contribution in [0.25, 0.3) is 0 Å². The fourth-order valence-electron chi connectivity index (χ4n) is 5.21. The third-order valence-electron chi connectivity index (χ3n) is 6.86. The molecule has 1 heterocycles. The van der Waals surface area contributed by atoms with Gasteiger partial charge < -0.3 is 4.74 Å². The normalized spacial score (nSPS) is 19.3. The van der Waals surface area contributed by atoms with Crippen LogP contribution < -0.4 is 10.4 Å². The first kappa shape index (κ1) is 21.1. The molecule has 1 aliphatic heterocycles. The van der Waals surface area contributed by atoms with E-state index in [4.69, 9.17) is 4.74 Å². The maximum absolute atomic E-state index is 6.49. The second-order valence-electron chi connectivity index (χ2n) is 9.73. The van der Waals surface area contributed by atoms with E-state index in [0.717, 1.165) is 18.9 Å². The first-order chi connectivity index (χ1) is 14.5. The van der Waals surface area contributed by atoms with Gasteiger partial charge in [-0.1, -0.05) is 122 Å². The van der Waals surface area contributed by atoms with Gasteiger partial charge in [0.15, 0.2) is 0 Å². The van der Waals surface area contributed by atoms with Crippen LogP contribution in [0.2, 0.25) is 11.1 Å². The SMILES string of the molecule is CC(C)(C)[Si](C[C@@H]1C[C@@H](CCc2ccccc2)O1)(c1ccccc1)c1ccccc1. The molecule has 1 aliphatic rings. The summed E-state index contributed by atoms with van der Waals surface area (Å²) in [5.41, 5.74) is 1.41. The van der Waals surface area contributed by atoms with E-state index in [1.54, 1.807) is 0 Å². The van der Waals surface area contributed by atoms with Crippen LogP contribution in [0.3, 0.4) is 0 Å². The molecule has 0 N–H and O–H groups in total. The van der Waals surface area contributed by atoms with Crippen molar-refractivity contribution in [2.75, 3.05) is 0 Å². The molecule has 1 nitrogen and oxygen atoms in total. The van der Waals surface area contributed by atoms with Crippen molar-refractivity contribution in [3.63, 3.8) is 0 Å². The highest BCUT2D eigenvalue weighted by Gasteiger charge is 2.50. The van der Waals surface area contributed by atoms with Gasteiger partial charge in [0, 0.05) is 0 Å². The van der Waals surface area contributed by atoms with Crippen molar-refractivity contribution in [1.29, 1.82) is 0 Å². The summed E-state index contributed by atoms with van der Waals surface area (Å²) in [6.07, 6.45) is 4.21. The zero-order valence-corrected chi connectivity index (χ0v) is 19.6. The van der Waals surface area contributed by atoms with Gasteiger partial charge in [-0.25, -0.2) is 0 Å². The molecule has 3 aromatic carbocycles.